The van der Waals surface area contributed by atoms with Gasteiger partial charge in [0.05, 0.1) is 19.1 Å². The van der Waals surface area contributed by atoms with E-state index in [4.69, 9.17) is 5.73 Å². The number of nitrogens with zero attached hydrogens (tertiary/aromatic N) is 4. The molecule has 2 heterocycles. The van der Waals surface area contributed by atoms with E-state index in [2.05, 4.69) is 27.1 Å². The Balaban J connectivity index is 1.70. The van der Waals surface area contributed by atoms with Crippen LogP contribution in [-0.2, 0) is 29.0 Å². The number of nitrogens with two attached hydrogens (primary N) is 1. The summed E-state index contributed by atoms with van der Waals surface area (Å²) < 4.78 is 0. The van der Waals surface area contributed by atoms with Crippen molar-refractivity contribution in [2.24, 2.45) is 0 Å². The molecule has 0 unspecified atom stereocenters. The fraction of sp³-hybridized carbons (Fsp3) is 0.586. The number of piperidine rings is 1. The quantitative estimate of drug-likeness (QED) is 0.251. The van der Waals surface area contributed by atoms with Crippen molar-refractivity contribution < 1.29 is 19.8 Å². The normalized spacial score (nSPS) is 14.3. The number of rotatable bonds is 15. The Bertz CT molecular complexity index is 1090. The number of aliphatic carboxylic acids is 1. The second-order valence-electron chi connectivity index (χ2n) is 10.4. The van der Waals surface area contributed by atoms with E-state index in [0.29, 0.717) is 57.5 Å². The van der Waals surface area contributed by atoms with Crippen molar-refractivity contribution in [3.63, 3.8) is 0 Å². The fourth-order valence-corrected chi connectivity index (χ4v) is 4.99. The molecule has 39 heavy (non-hydrogen) atoms. The molecule has 0 radical (unpaired) electrons. The van der Waals surface area contributed by atoms with Gasteiger partial charge in [-0.25, -0.2) is 4.98 Å². The van der Waals surface area contributed by atoms with Crippen molar-refractivity contribution in [1.82, 2.24) is 19.8 Å². The first-order chi connectivity index (χ1) is 18.7. The lowest BCUT2D eigenvalue weighted by Gasteiger charge is -2.31. The molecule has 3 rings (SSSR count). The number of hydrogen-bond acceptors (Lipinski definition) is 8. The Morgan fingerprint density at radius 2 is 1.90 bits per heavy atom. The van der Waals surface area contributed by atoms with Gasteiger partial charge in [-0.3, -0.25) is 14.5 Å². The molecule has 214 valence electrons. The van der Waals surface area contributed by atoms with E-state index in [1.165, 1.54) is 0 Å². The van der Waals surface area contributed by atoms with Crippen LogP contribution in [0.2, 0.25) is 0 Å². The van der Waals surface area contributed by atoms with Crippen LogP contribution in [0.25, 0.3) is 0 Å². The number of aryl methyl sites for hydroxylation is 1. The molecule has 1 saturated heterocycles. The van der Waals surface area contributed by atoms with Crippen LogP contribution in [0, 0.1) is 6.92 Å². The van der Waals surface area contributed by atoms with Crippen LogP contribution in [0.5, 0.6) is 0 Å². The van der Waals surface area contributed by atoms with Crippen LogP contribution >= 0.6 is 0 Å². The van der Waals surface area contributed by atoms with Crippen LogP contribution in [0.15, 0.2) is 24.3 Å². The molecule has 0 bridgehead atoms. The second-order valence-corrected chi connectivity index (χ2v) is 10.4. The van der Waals surface area contributed by atoms with Gasteiger partial charge < -0.3 is 26.2 Å². The zero-order valence-corrected chi connectivity index (χ0v) is 23.4. The first-order valence-corrected chi connectivity index (χ1v) is 14.1. The number of amides is 1. The van der Waals surface area contributed by atoms with Crippen molar-refractivity contribution in [1.29, 1.82) is 0 Å². The molecule has 0 saturated carbocycles. The minimum atomic E-state index is -0.882. The smallest absolute Gasteiger partial charge is 0.307 e. The lowest BCUT2D eigenvalue weighted by molar-refractivity contribution is -0.136. The number of hydrogen-bond donors (Lipinski definition) is 4. The van der Waals surface area contributed by atoms with E-state index in [0.717, 1.165) is 54.9 Å². The Morgan fingerprint density at radius 3 is 2.62 bits per heavy atom. The lowest BCUT2D eigenvalue weighted by atomic mass is 10.1. The summed E-state index contributed by atoms with van der Waals surface area (Å²) in [4.78, 5) is 37.4. The number of likely N-dealkylation sites (tertiary alicyclic amines) is 1. The minimum absolute atomic E-state index is 0.0261. The molecule has 2 aromatic rings. The van der Waals surface area contributed by atoms with Crippen molar-refractivity contribution in [2.45, 2.75) is 77.9 Å². The lowest BCUT2D eigenvalue weighted by Crippen LogP contribution is -2.44. The fourth-order valence-electron chi connectivity index (χ4n) is 4.99. The molecule has 1 fully saturated rings. The summed E-state index contributed by atoms with van der Waals surface area (Å²) in [6, 6.07) is 7.43. The molecule has 5 N–H and O–H groups in total. The van der Waals surface area contributed by atoms with Crippen molar-refractivity contribution in [3.05, 3.63) is 46.6 Å². The van der Waals surface area contributed by atoms with Gasteiger partial charge in [0.1, 0.15) is 5.82 Å². The van der Waals surface area contributed by atoms with Gasteiger partial charge in [0.2, 0.25) is 11.9 Å². The molecule has 1 amide bonds. The standard InChI is InChI=1S/C29H44N6O4/c1-3-4-5-13-31-28-25(21(2)32-29(30)33-28)10-7-14-35(26(37)20-34-15-11-24(36)12-16-34)19-23-9-6-8-22(17-23)18-27(38)39/h6,8-9,17,24,36H,3-5,7,10-16,18-20H2,1-2H3,(H,38,39)(H3,30,31,32,33). The predicted octanol–water partition coefficient (Wildman–Crippen LogP) is 3.01. The topological polar surface area (TPSA) is 145 Å². The summed E-state index contributed by atoms with van der Waals surface area (Å²) in [5, 5.41) is 22.4. The van der Waals surface area contributed by atoms with Crippen LogP contribution in [-0.4, -0.2) is 80.7 Å². The Hall–Kier alpha value is -3.24. The molecule has 0 aliphatic carbocycles. The molecule has 0 spiro atoms. The minimum Gasteiger partial charge on any atom is -0.481 e. The largest absolute Gasteiger partial charge is 0.481 e. The third kappa shape index (κ3) is 10.1. The summed E-state index contributed by atoms with van der Waals surface area (Å²) in [6.07, 6.45) is 5.75. The summed E-state index contributed by atoms with van der Waals surface area (Å²) >= 11 is 0. The van der Waals surface area contributed by atoms with E-state index >= 15 is 0 Å². The number of carboxylic acids is 1. The Kier molecular flexibility index (Phi) is 11.9. The number of nitrogen functional groups attached to an aromatic ring is 1. The van der Waals surface area contributed by atoms with Crippen molar-refractivity contribution in [2.75, 3.05) is 43.8 Å². The number of carboxylic acid groups (broad SMARTS) is 1. The highest BCUT2D eigenvalue weighted by molar-refractivity contribution is 5.78. The van der Waals surface area contributed by atoms with Crippen LogP contribution in [0.4, 0.5) is 11.8 Å². The first-order valence-electron chi connectivity index (χ1n) is 14.1. The summed E-state index contributed by atoms with van der Waals surface area (Å²) in [7, 11) is 0. The first kappa shape index (κ1) is 30.3. The van der Waals surface area contributed by atoms with Gasteiger partial charge >= 0.3 is 5.97 Å². The maximum absolute atomic E-state index is 13.5. The molecule has 10 nitrogen and oxygen atoms in total. The molecular weight excluding hydrogens is 496 g/mol. The van der Waals surface area contributed by atoms with Crippen molar-refractivity contribution >= 4 is 23.6 Å². The predicted molar refractivity (Wildman–Crippen MR) is 152 cm³/mol. The molecule has 1 aliphatic rings. The highest BCUT2D eigenvalue weighted by Gasteiger charge is 2.22. The van der Waals surface area contributed by atoms with E-state index in [-0.39, 0.29) is 24.4 Å². The highest BCUT2D eigenvalue weighted by Crippen LogP contribution is 2.20. The number of aromatic nitrogens is 2. The van der Waals surface area contributed by atoms with Crippen LogP contribution < -0.4 is 11.1 Å². The number of nitrogens with one attached hydrogen (secondary N) is 1. The maximum atomic E-state index is 13.5. The van der Waals surface area contributed by atoms with Crippen LogP contribution in [0.3, 0.4) is 0 Å². The van der Waals surface area contributed by atoms with Crippen molar-refractivity contribution in [3.8, 4) is 0 Å². The van der Waals surface area contributed by atoms with Gasteiger partial charge in [-0.15, -0.1) is 0 Å². The molecule has 10 heteroatoms. The molecule has 1 aliphatic heterocycles. The number of unbranched alkanes of at least 4 members (excludes halogenated alkanes) is 2. The van der Waals surface area contributed by atoms with Gasteiger partial charge in [-0.2, -0.15) is 4.98 Å². The number of carbonyl (C=O) groups is 2. The highest BCUT2D eigenvalue weighted by atomic mass is 16.4. The molecule has 1 aromatic heterocycles. The van der Waals surface area contributed by atoms with E-state index in [9.17, 15) is 19.8 Å². The number of carbonyl (C=O) groups excluding carboxylic acids is 1. The van der Waals surface area contributed by atoms with Gasteiger partial charge in [0.25, 0.3) is 0 Å². The SMILES string of the molecule is CCCCCNc1nc(N)nc(C)c1CCCN(Cc1cccc(CC(=O)O)c1)C(=O)CN1CCC(O)CC1. The average molecular weight is 541 g/mol. The van der Waals surface area contributed by atoms with Gasteiger partial charge in [-0.1, -0.05) is 44.0 Å². The van der Waals surface area contributed by atoms with Gasteiger partial charge in [0, 0.05) is 44.0 Å². The summed E-state index contributed by atoms with van der Waals surface area (Å²) in [5.41, 5.74) is 9.40. The summed E-state index contributed by atoms with van der Waals surface area (Å²) in [6.45, 7) is 7.57. The number of anilines is 2. The van der Waals surface area contributed by atoms with E-state index in [1.54, 1.807) is 6.07 Å². The average Bonchev–Trinajstić information content (AvgIpc) is 2.88. The van der Waals surface area contributed by atoms with E-state index < -0.39 is 5.97 Å². The Morgan fingerprint density at radius 1 is 1.15 bits per heavy atom. The number of aliphatic hydroxyl groups is 1. The molecular formula is C29H44N6O4. The third-order valence-corrected chi connectivity index (χ3v) is 7.15. The summed E-state index contributed by atoms with van der Waals surface area (Å²) in [5.74, 6) is 0.159. The molecule has 1 aromatic carbocycles. The number of aliphatic hydroxyl groups excluding tert-OH is 1. The third-order valence-electron chi connectivity index (χ3n) is 7.15. The zero-order chi connectivity index (χ0) is 28.2. The molecule has 0 atom stereocenters. The second kappa shape index (κ2) is 15.4. The monoisotopic (exact) mass is 540 g/mol. The Labute approximate surface area is 231 Å². The zero-order valence-electron chi connectivity index (χ0n) is 23.4. The van der Waals surface area contributed by atoms with Gasteiger partial charge in [0.15, 0.2) is 0 Å². The van der Waals surface area contributed by atoms with Crippen LogP contribution in [0.1, 0.15) is 67.8 Å². The van der Waals surface area contributed by atoms with E-state index in [1.807, 2.05) is 30.0 Å². The van der Waals surface area contributed by atoms with Gasteiger partial charge in [-0.05, 0) is 50.2 Å². The maximum Gasteiger partial charge on any atom is 0.307 e. The number of benzene rings is 1.